The highest BCUT2D eigenvalue weighted by atomic mass is 16.4. The maximum Gasteiger partial charge on any atom is 0.322 e. The zero-order valence-corrected chi connectivity index (χ0v) is 24.5. The van der Waals surface area contributed by atoms with E-state index >= 15 is 0 Å². The Morgan fingerprint density at radius 1 is 0.761 bits per heavy atom. The number of aliphatic hydroxyl groups excluding tert-OH is 1. The SMILES string of the molecule is NC(N)=NCCC[C@H](N)C(=O)O.NCC(=O)O.N[C@@H](CC(=O)[O-])C(=O)[O-].N[C@@H](CO)C(=O)O.N[C@@H](Cc1ccc(O)cc1)C(=O)O. The summed E-state index contributed by atoms with van der Waals surface area (Å²) in [5, 5.41) is 68.7. The van der Waals surface area contributed by atoms with E-state index in [0.29, 0.717) is 19.4 Å². The molecule has 0 aromatic heterocycles. The number of aromatic hydroxyl groups is 1. The average Bonchev–Trinajstić information content (AvgIpc) is 2.96. The van der Waals surface area contributed by atoms with Crippen LogP contribution in [0.4, 0.5) is 0 Å². The third-order valence-corrected chi connectivity index (χ3v) is 4.37. The Morgan fingerprint density at radius 2 is 1.20 bits per heavy atom. The number of carboxylic acid groups (broad SMARTS) is 6. The Bertz CT molecular complexity index is 1090. The fourth-order valence-corrected chi connectivity index (χ4v) is 1.96. The summed E-state index contributed by atoms with van der Waals surface area (Å²) >= 11 is 0. The molecule has 1 aromatic rings. The van der Waals surface area contributed by atoms with E-state index in [4.69, 9.17) is 65.0 Å². The van der Waals surface area contributed by atoms with Gasteiger partial charge in [0, 0.05) is 25.0 Å². The number of aliphatic imine (C=N–C) groups is 1. The highest BCUT2D eigenvalue weighted by molar-refractivity contribution is 5.78. The number of benzene rings is 1. The van der Waals surface area contributed by atoms with Crippen LogP contribution in [-0.2, 0) is 35.2 Å². The molecule has 0 amide bonds. The number of nitrogens with two attached hydrogens (primary N) is 7. The number of nitrogens with zero attached hydrogens (tertiary/aromatic N) is 1. The fourth-order valence-electron chi connectivity index (χ4n) is 1.96. The molecule has 0 aliphatic rings. The molecule has 0 bridgehead atoms. The smallest absolute Gasteiger partial charge is 0.322 e. The van der Waals surface area contributed by atoms with Crippen molar-refractivity contribution in [3.05, 3.63) is 29.8 Å². The largest absolute Gasteiger partial charge is 0.550 e. The molecule has 1 aromatic carbocycles. The van der Waals surface area contributed by atoms with Gasteiger partial charge in [-0.25, -0.2) is 0 Å². The summed E-state index contributed by atoms with van der Waals surface area (Å²) in [5.41, 5.74) is 35.5. The molecule has 1 rings (SSSR count). The fraction of sp³-hybridized carbons (Fsp3) is 0.458. The summed E-state index contributed by atoms with van der Waals surface area (Å²) in [6, 6.07) is 2.02. The van der Waals surface area contributed by atoms with Gasteiger partial charge in [0.1, 0.15) is 23.9 Å². The van der Waals surface area contributed by atoms with E-state index in [1.165, 1.54) is 12.1 Å². The van der Waals surface area contributed by atoms with E-state index in [1.807, 2.05) is 0 Å². The maximum absolute atomic E-state index is 10.4. The number of carbonyl (C=O) groups is 6. The molecule has 20 N–H and O–H groups in total. The second kappa shape index (κ2) is 28.6. The summed E-state index contributed by atoms with van der Waals surface area (Å²) in [6.07, 6.45) is 0.523. The molecular weight excluding hydrogens is 624 g/mol. The van der Waals surface area contributed by atoms with Gasteiger partial charge in [-0.1, -0.05) is 12.1 Å². The number of hydrogen-bond acceptors (Lipinski definition) is 16. The van der Waals surface area contributed by atoms with Gasteiger partial charge in [-0.15, -0.1) is 0 Å². The van der Waals surface area contributed by atoms with Crippen molar-refractivity contribution in [2.75, 3.05) is 19.7 Å². The van der Waals surface area contributed by atoms with Crippen molar-refractivity contribution >= 4 is 41.8 Å². The van der Waals surface area contributed by atoms with Crippen LogP contribution in [-0.4, -0.2) is 116 Å². The zero-order chi connectivity index (χ0) is 37.0. The predicted molar refractivity (Wildman–Crippen MR) is 155 cm³/mol. The quantitative estimate of drug-likeness (QED) is 0.0498. The van der Waals surface area contributed by atoms with E-state index in [2.05, 4.69) is 10.7 Å². The average molecular weight is 667 g/mol. The van der Waals surface area contributed by atoms with Crippen LogP contribution >= 0.6 is 0 Å². The predicted octanol–water partition coefficient (Wildman–Crippen LogP) is -7.58. The van der Waals surface area contributed by atoms with Gasteiger partial charge in [0.25, 0.3) is 0 Å². The molecule has 22 nitrogen and oxygen atoms in total. The van der Waals surface area contributed by atoms with Gasteiger partial charge in [0.15, 0.2) is 5.96 Å². The van der Waals surface area contributed by atoms with Crippen LogP contribution in [0.25, 0.3) is 0 Å². The van der Waals surface area contributed by atoms with Gasteiger partial charge in [0.05, 0.1) is 19.1 Å². The van der Waals surface area contributed by atoms with Crippen molar-refractivity contribution in [2.45, 2.75) is 49.9 Å². The van der Waals surface area contributed by atoms with Crippen molar-refractivity contribution in [3.63, 3.8) is 0 Å². The molecule has 0 spiro atoms. The van der Waals surface area contributed by atoms with Crippen molar-refractivity contribution in [3.8, 4) is 5.75 Å². The van der Waals surface area contributed by atoms with Crippen LogP contribution in [0, 0.1) is 0 Å². The van der Waals surface area contributed by atoms with Gasteiger partial charge < -0.3 is 90.6 Å². The highest BCUT2D eigenvalue weighted by Crippen LogP contribution is 2.10. The Kier molecular flexibility index (Phi) is 29.7. The van der Waals surface area contributed by atoms with Gasteiger partial charge >= 0.3 is 23.9 Å². The molecule has 0 heterocycles. The summed E-state index contributed by atoms with van der Waals surface area (Å²) in [6.45, 7) is -0.362. The second-order valence-electron chi connectivity index (χ2n) is 8.44. The number of aliphatic carboxylic acids is 6. The first-order valence-electron chi connectivity index (χ1n) is 12.6. The molecule has 0 unspecified atom stereocenters. The van der Waals surface area contributed by atoms with E-state index in [0.717, 1.165) is 5.56 Å². The monoisotopic (exact) mass is 666 g/mol. The first-order chi connectivity index (χ1) is 21.1. The number of aliphatic hydroxyl groups is 1. The molecule has 0 aliphatic heterocycles. The van der Waals surface area contributed by atoms with E-state index in [-0.39, 0.29) is 24.7 Å². The summed E-state index contributed by atoms with van der Waals surface area (Å²) in [7, 11) is 0. The molecule has 0 aliphatic carbocycles. The number of carbonyl (C=O) groups excluding carboxylic acids is 2. The molecule has 0 saturated carbocycles. The second-order valence-corrected chi connectivity index (χ2v) is 8.44. The van der Waals surface area contributed by atoms with E-state index in [1.54, 1.807) is 12.1 Å². The van der Waals surface area contributed by atoms with E-state index < -0.39 is 73.0 Å². The van der Waals surface area contributed by atoms with Crippen LogP contribution in [0.3, 0.4) is 0 Å². The minimum atomic E-state index is -1.58. The van der Waals surface area contributed by atoms with Crippen LogP contribution in [0.2, 0.25) is 0 Å². The van der Waals surface area contributed by atoms with E-state index in [9.17, 15) is 39.0 Å². The summed E-state index contributed by atoms with van der Waals surface area (Å²) < 4.78 is 0. The number of phenols is 1. The number of carboxylic acids is 6. The van der Waals surface area contributed by atoms with Gasteiger partial charge in [-0.05, 0) is 37.0 Å². The lowest BCUT2D eigenvalue weighted by Crippen LogP contribution is -2.45. The first-order valence-corrected chi connectivity index (χ1v) is 12.6. The third kappa shape index (κ3) is 35.1. The summed E-state index contributed by atoms with van der Waals surface area (Å²) in [4.78, 5) is 62.5. The van der Waals surface area contributed by atoms with Gasteiger partial charge in [0.2, 0.25) is 0 Å². The third-order valence-electron chi connectivity index (χ3n) is 4.37. The topological polar surface area (TPSA) is 464 Å². The lowest BCUT2D eigenvalue weighted by molar-refractivity contribution is -0.316. The van der Waals surface area contributed by atoms with Gasteiger partial charge in [-0.2, -0.15) is 0 Å². The molecule has 0 fully saturated rings. The van der Waals surface area contributed by atoms with Crippen molar-refractivity contribution < 1.29 is 69.6 Å². The molecule has 4 atom stereocenters. The highest BCUT2D eigenvalue weighted by Gasteiger charge is 2.11. The molecule has 264 valence electrons. The lowest BCUT2D eigenvalue weighted by atomic mass is 10.1. The zero-order valence-electron chi connectivity index (χ0n) is 24.5. The molecule has 0 radical (unpaired) electrons. The van der Waals surface area contributed by atoms with Crippen LogP contribution in [0.15, 0.2) is 29.3 Å². The molecule has 46 heavy (non-hydrogen) atoms. The molecular formula is C24H42N8O14-2. The van der Waals surface area contributed by atoms with Crippen LogP contribution in [0.5, 0.6) is 5.75 Å². The minimum Gasteiger partial charge on any atom is -0.550 e. The number of hydrogen-bond donors (Lipinski definition) is 13. The van der Waals surface area contributed by atoms with Crippen molar-refractivity contribution in [1.82, 2.24) is 0 Å². The van der Waals surface area contributed by atoms with Crippen LogP contribution < -0.4 is 50.3 Å². The standard InChI is InChI=1S/C9H11NO3.C6H14N4O2.C4H7NO4.C3H7NO3.C2H5NO2/c10-8(9(12)13)5-6-1-3-7(11)4-2-6;7-4(5(11)12)2-1-3-10-6(8)9;5-2(4(8)9)1-3(6)7;4-2(1-5)3(6)7;3-1-2(4)5/h1-4,8,11H,5,10H2,(H,12,13);4H,1-3,7H2,(H,11,12)(H4,8,9,10);2H,1,5H2,(H,6,7)(H,8,9);2,5H,1,4H2,(H,6,7);1,3H2,(H,4,5)/p-2/t8-;4-;2*2-;/m0000./s1. The number of guanidine groups is 1. The number of rotatable bonds is 14. The van der Waals surface area contributed by atoms with Crippen molar-refractivity contribution in [2.24, 2.45) is 45.1 Å². The summed E-state index contributed by atoms with van der Waals surface area (Å²) in [5.74, 6) is -7.07. The Labute approximate surface area is 262 Å². The number of phenolic OH excluding ortho intramolecular Hbond substituents is 1. The Morgan fingerprint density at radius 3 is 1.46 bits per heavy atom. The Balaban J connectivity index is -0.000000249. The first kappa shape index (κ1) is 47.8. The Hall–Kier alpha value is -5.13. The van der Waals surface area contributed by atoms with Crippen LogP contribution in [0.1, 0.15) is 24.8 Å². The minimum absolute atomic E-state index is 0.0129. The lowest BCUT2D eigenvalue weighted by Gasteiger charge is -2.11. The molecule has 22 heteroatoms. The maximum atomic E-state index is 10.4. The van der Waals surface area contributed by atoms with Gasteiger partial charge in [-0.3, -0.25) is 24.2 Å². The normalized spacial score (nSPS) is 12.0. The molecule has 0 saturated heterocycles. The van der Waals surface area contributed by atoms with Crippen molar-refractivity contribution in [1.29, 1.82) is 0 Å².